The molecule has 1 N–H and O–H groups in total. The highest BCUT2D eigenvalue weighted by Gasteiger charge is 2.13. The maximum atomic E-state index is 12.8. The Kier molecular flexibility index (Phi) is 4.52. The third-order valence-corrected chi connectivity index (χ3v) is 4.68. The Labute approximate surface area is 164 Å². The van der Waals surface area contributed by atoms with Gasteiger partial charge in [-0.1, -0.05) is 35.3 Å². The summed E-state index contributed by atoms with van der Waals surface area (Å²) in [6.45, 7) is 0. The van der Waals surface area contributed by atoms with Crippen LogP contribution < -0.4 is 5.69 Å². The van der Waals surface area contributed by atoms with Gasteiger partial charge in [-0.3, -0.25) is 4.79 Å². The molecule has 0 aliphatic rings. The van der Waals surface area contributed by atoms with Crippen LogP contribution in [-0.4, -0.2) is 15.8 Å². The summed E-state index contributed by atoms with van der Waals surface area (Å²) < 4.78 is 0. The molecule has 0 atom stereocenters. The van der Waals surface area contributed by atoms with Gasteiger partial charge in [-0.25, -0.2) is 4.79 Å². The number of hydrogen-bond donors (Lipinski definition) is 1. The van der Waals surface area contributed by atoms with Crippen LogP contribution in [0.4, 0.5) is 0 Å². The van der Waals surface area contributed by atoms with Gasteiger partial charge in [-0.2, -0.15) is 4.98 Å². The highest BCUT2D eigenvalue weighted by Crippen LogP contribution is 2.28. The summed E-state index contributed by atoms with van der Waals surface area (Å²) in [6.07, 6.45) is 0. The van der Waals surface area contributed by atoms with Gasteiger partial charge in [-0.15, -0.1) is 0 Å². The topological polar surface area (TPSA) is 62.8 Å². The van der Waals surface area contributed by atoms with Crippen molar-refractivity contribution in [2.45, 2.75) is 0 Å². The number of hydrogen-bond acceptors (Lipinski definition) is 3. The van der Waals surface area contributed by atoms with E-state index in [9.17, 15) is 9.59 Å². The van der Waals surface area contributed by atoms with Crippen LogP contribution in [0.2, 0.25) is 10.0 Å². The number of aromatic nitrogens is 2. The molecule has 3 aromatic carbocycles. The van der Waals surface area contributed by atoms with Crippen LogP contribution in [0.5, 0.6) is 0 Å². The van der Waals surface area contributed by atoms with Gasteiger partial charge < -0.3 is 4.98 Å². The number of aromatic amines is 1. The standard InChI is InChI=1S/C21H12Cl2N2O2/c22-15-7-4-12(5-8-15)20(26)14-6-9-18-17(11-14)19(25-21(27)24-18)13-2-1-3-16(23)10-13/h1-11H,(H,24,25,27). The summed E-state index contributed by atoms with van der Waals surface area (Å²) in [5.74, 6) is -0.142. The number of benzene rings is 3. The van der Waals surface area contributed by atoms with E-state index in [1.165, 1.54) is 0 Å². The molecule has 0 aliphatic carbocycles. The molecule has 0 aliphatic heterocycles. The zero-order valence-electron chi connectivity index (χ0n) is 13.9. The summed E-state index contributed by atoms with van der Waals surface area (Å²) in [5, 5.41) is 1.77. The smallest absolute Gasteiger partial charge is 0.305 e. The molecule has 0 saturated heterocycles. The van der Waals surface area contributed by atoms with Gasteiger partial charge >= 0.3 is 5.69 Å². The van der Waals surface area contributed by atoms with E-state index in [1.807, 2.05) is 6.07 Å². The minimum absolute atomic E-state index is 0.142. The second kappa shape index (κ2) is 6.99. The summed E-state index contributed by atoms with van der Waals surface area (Å²) >= 11 is 12.0. The molecular formula is C21H12Cl2N2O2. The average molecular weight is 395 g/mol. The van der Waals surface area contributed by atoms with Crippen molar-refractivity contribution in [3.8, 4) is 11.3 Å². The van der Waals surface area contributed by atoms with Crippen LogP contribution in [0.25, 0.3) is 22.2 Å². The summed E-state index contributed by atoms with van der Waals surface area (Å²) in [4.78, 5) is 31.6. The lowest BCUT2D eigenvalue weighted by Gasteiger charge is -2.08. The van der Waals surface area contributed by atoms with Gasteiger partial charge in [-0.05, 0) is 54.6 Å². The summed E-state index contributed by atoms with van der Waals surface area (Å²) in [6, 6.07) is 18.9. The number of ketones is 1. The maximum absolute atomic E-state index is 12.8. The van der Waals surface area contributed by atoms with E-state index >= 15 is 0 Å². The monoisotopic (exact) mass is 394 g/mol. The highest BCUT2D eigenvalue weighted by atomic mass is 35.5. The van der Waals surface area contributed by atoms with E-state index in [0.29, 0.717) is 43.3 Å². The Balaban J connectivity index is 1.89. The van der Waals surface area contributed by atoms with Crippen molar-refractivity contribution in [2.75, 3.05) is 0 Å². The number of fused-ring (bicyclic) bond motifs is 1. The molecule has 0 spiro atoms. The minimum atomic E-state index is -0.464. The fourth-order valence-corrected chi connectivity index (χ4v) is 3.24. The SMILES string of the molecule is O=C(c1ccc(Cl)cc1)c1ccc2[nH]c(=O)nc(-c3cccc(Cl)c3)c2c1. The molecule has 6 heteroatoms. The largest absolute Gasteiger partial charge is 0.345 e. The van der Waals surface area contributed by atoms with Crippen LogP contribution in [0.3, 0.4) is 0 Å². The molecular weight excluding hydrogens is 383 g/mol. The first-order valence-corrected chi connectivity index (χ1v) is 8.87. The van der Waals surface area contributed by atoms with Gasteiger partial charge in [0.1, 0.15) is 0 Å². The van der Waals surface area contributed by atoms with Crippen LogP contribution in [0.1, 0.15) is 15.9 Å². The van der Waals surface area contributed by atoms with E-state index in [2.05, 4.69) is 9.97 Å². The lowest BCUT2D eigenvalue weighted by atomic mass is 9.99. The van der Waals surface area contributed by atoms with Crippen LogP contribution in [0, 0.1) is 0 Å². The molecule has 0 amide bonds. The van der Waals surface area contributed by atoms with Gasteiger partial charge in [0.05, 0.1) is 11.2 Å². The first-order valence-electron chi connectivity index (χ1n) is 8.11. The second-order valence-corrected chi connectivity index (χ2v) is 6.87. The third kappa shape index (κ3) is 3.50. The molecule has 0 saturated carbocycles. The fourth-order valence-electron chi connectivity index (χ4n) is 2.92. The van der Waals surface area contributed by atoms with Crippen LogP contribution >= 0.6 is 23.2 Å². The maximum Gasteiger partial charge on any atom is 0.345 e. The molecule has 27 heavy (non-hydrogen) atoms. The molecule has 4 nitrogen and oxygen atoms in total. The first kappa shape index (κ1) is 17.5. The quantitative estimate of drug-likeness (QED) is 0.490. The molecule has 1 aromatic heterocycles. The molecule has 1 heterocycles. The molecule has 4 aromatic rings. The molecule has 4 rings (SSSR count). The number of halogens is 2. The van der Waals surface area contributed by atoms with E-state index in [-0.39, 0.29) is 5.78 Å². The Bertz CT molecular complexity index is 1230. The van der Waals surface area contributed by atoms with Crippen molar-refractivity contribution >= 4 is 39.9 Å². The highest BCUT2D eigenvalue weighted by molar-refractivity contribution is 6.31. The Morgan fingerprint density at radius 3 is 2.33 bits per heavy atom. The second-order valence-electron chi connectivity index (χ2n) is 6.00. The van der Waals surface area contributed by atoms with Crippen molar-refractivity contribution in [1.82, 2.24) is 9.97 Å². The number of H-pyrrole nitrogens is 1. The van der Waals surface area contributed by atoms with Crippen molar-refractivity contribution < 1.29 is 4.79 Å². The molecule has 0 unspecified atom stereocenters. The Morgan fingerprint density at radius 1 is 0.852 bits per heavy atom. The van der Waals surface area contributed by atoms with Crippen LogP contribution in [-0.2, 0) is 0 Å². The number of nitrogens with one attached hydrogen (secondary N) is 1. The number of nitrogens with zero attached hydrogens (tertiary/aromatic N) is 1. The molecule has 0 fully saturated rings. The van der Waals surface area contributed by atoms with Crippen molar-refractivity contribution in [1.29, 1.82) is 0 Å². The average Bonchev–Trinajstić information content (AvgIpc) is 2.67. The van der Waals surface area contributed by atoms with E-state index in [0.717, 1.165) is 0 Å². The van der Waals surface area contributed by atoms with E-state index in [4.69, 9.17) is 23.2 Å². The number of carbonyl (C=O) groups excluding carboxylic acids is 1. The predicted molar refractivity (Wildman–Crippen MR) is 108 cm³/mol. The Morgan fingerprint density at radius 2 is 1.59 bits per heavy atom. The third-order valence-electron chi connectivity index (χ3n) is 4.20. The minimum Gasteiger partial charge on any atom is -0.305 e. The zero-order valence-corrected chi connectivity index (χ0v) is 15.4. The molecule has 0 radical (unpaired) electrons. The predicted octanol–water partition coefficient (Wildman–Crippen LogP) is 5.13. The van der Waals surface area contributed by atoms with E-state index < -0.39 is 5.69 Å². The van der Waals surface area contributed by atoms with Crippen molar-refractivity contribution in [3.05, 3.63) is 98.4 Å². The summed E-state index contributed by atoms with van der Waals surface area (Å²) in [7, 11) is 0. The summed E-state index contributed by atoms with van der Waals surface area (Å²) in [5.41, 5.74) is 2.32. The van der Waals surface area contributed by atoms with E-state index in [1.54, 1.807) is 60.7 Å². The lowest BCUT2D eigenvalue weighted by Crippen LogP contribution is -2.12. The van der Waals surface area contributed by atoms with Gasteiger partial charge in [0.15, 0.2) is 5.78 Å². The lowest BCUT2D eigenvalue weighted by molar-refractivity contribution is 0.103. The van der Waals surface area contributed by atoms with Gasteiger partial charge in [0.25, 0.3) is 0 Å². The number of carbonyl (C=O) groups is 1. The normalized spacial score (nSPS) is 10.9. The Hall–Kier alpha value is -2.95. The molecule has 0 bridgehead atoms. The number of rotatable bonds is 3. The van der Waals surface area contributed by atoms with Gasteiger partial charge in [0, 0.05) is 32.1 Å². The fraction of sp³-hybridized carbons (Fsp3) is 0. The van der Waals surface area contributed by atoms with Crippen molar-refractivity contribution in [3.63, 3.8) is 0 Å². The first-order chi connectivity index (χ1) is 13.0. The zero-order chi connectivity index (χ0) is 19.0. The van der Waals surface area contributed by atoms with Crippen molar-refractivity contribution in [2.24, 2.45) is 0 Å². The van der Waals surface area contributed by atoms with Gasteiger partial charge in [0.2, 0.25) is 0 Å². The van der Waals surface area contributed by atoms with Crippen LogP contribution in [0.15, 0.2) is 71.5 Å². The molecule has 132 valence electrons.